The highest BCUT2D eigenvalue weighted by atomic mass is 16.4. The Kier molecular flexibility index (Phi) is 6.04. The molecule has 0 spiro atoms. The summed E-state index contributed by atoms with van der Waals surface area (Å²) in [6.07, 6.45) is 0.130. The summed E-state index contributed by atoms with van der Waals surface area (Å²) in [5, 5.41) is 19.1. The van der Waals surface area contributed by atoms with E-state index in [2.05, 4.69) is 5.32 Å². The molecule has 6 nitrogen and oxygen atoms in total. The second kappa shape index (κ2) is 8.84. The Morgan fingerprint density at radius 2 is 1.48 bits per heavy atom. The summed E-state index contributed by atoms with van der Waals surface area (Å²) in [5.41, 5.74) is 10.2. The van der Waals surface area contributed by atoms with Crippen LogP contribution in [0.4, 0.5) is 5.69 Å². The van der Waals surface area contributed by atoms with Crippen LogP contribution in [0.25, 0.3) is 11.1 Å². The van der Waals surface area contributed by atoms with E-state index in [4.69, 9.17) is 16.2 Å². The van der Waals surface area contributed by atoms with E-state index >= 15 is 0 Å². The predicted molar refractivity (Wildman–Crippen MR) is 113 cm³/mol. The molecule has 0 aliphatic rings. The molecule has 0 saturated heterocycles. The number of benzene rings is 3. The average molecular weight is 387 g/mol. The van der Waals surface area contributed by atoms with Crippen molar-refractivity contribution < 1.29 is 14.7 Å². The lowest BCUT2D eigenvalue weighted by molar-refractivity contribution is -0.136. The fourth-order valence-electron chi connectivity index (χ4n) is 2.98. The Labute approximate surface area is 168 Å². The van der Waals surface area contributed by atoms with Crippen LogP contribution in [0.5, 0.6) is 0 Å². The van der Waals surface area contributed by atoms with Crippen molar-refractivity contribution >= 4 is 23.4 Å². The smallest absolute Gasteiger partial charge is 0.307 e. The highest BCUT2D eigenvalue weighted by molar-refractivity contribution is 5.95. The maximum absolute atomic E-state index is 12.3. The van der Waals surface area contributed by atoms with Gasteiger partial charge in [0.1, 0.15) is 5.84 Å². The zero-order chi connectivity index (χ0) is 20.8. The lowest BCUT2D eigenvalue weighted by Gasteiger charge is -2.08. The van der Waals surface area contributed by atoms with Gasteiger partial charge in [-0.2, -0.15) is 0 Å². The van der Waals surface area contributed by atoms with Gasteiger partial charge in [0.15, 0.2) is 0 Å². The molecule has 0 atom stereocenters. The molecule has 3 aromatic carbocycles. The number of carboxylic acid groups (broad SMARTS) is 1. The van der Waals surface area contributed by atoms with E-state index in [1.54, 1.807) is 36.4 Å². The highest BCUT2D eigenvalue weighted by Crippen LogP contribution is 2.21. The first-order chi connectivity index (χ1) is 13.9. The van der Waals surface area contributed by atoms with Crippen LogP contribution in [0.3, 0.4) is 0 Å². The number of nitrogens with two attached hydrogens (primary N) is 1. The average Bonchev–Trinajstić information content (AvgIpc) is 2.68. The lowest BCUT2D eigenvalue weighted by atomic mass is 10.0. The Bertz CT molecular complexity index is 1040. The molecule has 5 N–H and O–H groups in total. The monoisotopic (exact) mass is 387 g/mol. The molecule has 1 amide bonds. The Balaban J connectivity index is 1.62. The second-order valence-corrected chi connectivity index (χ2v) is 6.68. The summed E-state index contributed by atoms with van der Waals surface area (Å²) in [6.45, 7) is 0. The molecule has 3 aromatic rings. The number of carboxylic acids is 1. The Morgan fingerprint density at radius 3 is 2.07 bits per heavy atom. The van der Waals surface area contributed by atoms with Crippen LogP contribution in [0.15, 0.2) is 72.8 Å². The minimum absolute atomic E-state index is 0.0337. The molecular formula is C23H21N3O3. The van der Waals surface area contributed by atoms with Gasteiger partial charge in [0.25, 0.3) is 0 Å². The first kappa shape index (κ1) is 19.8. The first-order valence-corrected chi connectivity index (χ1v) is 9.05. The van der Waals surface area contributed by atoms with Crippen LogP contribution < -0.4 is 11.1 Å². The molecular weight excluding hydrogens is 366 g/mol. The summed E-state index contributed by atoms with van der Waals surface area (Å²) >= 11 is 0. The van der Waals surface area contributed by atoms with Crippen LogP contribution in [0.2, 0.25) is 0 Å². The number of amides is 1. The van der Waals surface area contributed by atoms with Gasteiger partial charge in [-0.05, 0) is 34.4 Å². The van der Waals surface area contributed by atoms with Crippen molar-refractivity contribution in [3.8, 4) is 11.1 Å². The van der Waals surface area contributed by atoms with E-state index < -0.39 is 5.97 Å². The minimum Gasteiger partial charge on any atom is -0.481 e. The molecule has 0 aliphatic carbocycles. The maximum Gasteiger partial charge on any atom is 0.307 e. The number of aliphatic carboxylic acids is 1. The van der Waals surface area contributed by atoms with Gasteiger partial charge in [-0.1, -0.05) is 60.7 Å². The summed E-state index contributed by atoms with van der Waals surface area (Å²) in [4.78, 5) is 23.1. The van der Waals surface area contributed by atoms with Crippen molar-refractivity contribution in [2.24, 2.45) is 5.73 Å². The Hall–Kier alpha value is -3.93. The van der Waals surface area contributed by atoms with Crippen molar-refractivity contribution in [3.63, 3.8) is 0 Å². The quantitative estimate of drug-likeness (QED) is 0.367. The van der Waals surface area contributed by atoms with Crippen LogP contribution in [-0.4, -0.2) is 22.8 Å². The fraction of sp³-hybridized carbons (Fsp3) is 0.0870. The topological polar surface area (TPSA) is 116 Å². The van der Waals surface area contributed by atoms with Gasteiger partial charge < -0.3 is 16.2 Å². The molecule has 3 rings (SSSR count). The van der Waals surface area contributed by atoms with Crippen molar-refractivity contribution in [3.05, 3.63) is 89.5 Å². The van der Waals surface area contributed by atoms with Crippen molar-refractivity contribution in [1.82, 2.24) is 0 Å². The molecule has 0 saturated carbocycles. The summed E-state index contributed by atoms with van der Waals surface area (Å²) < 4.78 is 0. The maximum atomic E-state index is 12.3. The van der Waals surface area contributed by atoms with E-state index in [0.717, 1.165) is 16.7 Å². The van der Waals surface area contributed by atoms with Crippen LogP contribution in [0.1, 0.15) is 16.7 Å². The third-order valence-corrected chi connectivity index (χ3v) is 4.41. The number of nitrogen functional groups attached to an aromatic ring is 1. The first-order valence-electron chi connectivity index (χ1n) is 9.05. The van der Waals surface area contributed by atoms with Crippen molar-refractivity contribution in [2.45, 2.75) is 12.8 Å². The number of anilines is 1. The number of amidine groups is 1. The summed E-state index contributed by atoms with van der Waals surface area (Å²) in [5.74, 6) is -1.05. The predicted octanol–water partition coefficient (Wildman–Crippen LogP) is 3.45. The van der Waals surface area contributed by atoms with Gasteiger partial charge in [-0.25, -0.2) is 0 Å². The van der Waals surface area contributed by atoms with E-state index in [-0.39, 0.29) is 24.6 Å². The third kappa shape index (κ3) is 5.52. The summed E-state index contributed by atoms with van der Waals surface area (Å²) in [7, 11) is 0. The number of nitrogens with one attached hydrogen (secondary N) is 2. The van der Waals surface area contributed by atoms with E-state index in [9.17, 15) is 9.59 Å². The Morgan fingerprint density at radius 1 is 0.862 bits per heavy atom. The SMILES string of the molecule is N=C(N)c1ccc(-c2ccc(CC(=O)Nc3cccc(CC(=O)O)c3)cc2)cc1. The third-order valence-electron chi connectivity index (χ3n) is 4.41. The van der Waals surface area contributed by atoms with Crippen LogP contribution >= 0.6 is 0 Å². The molecule has 0 unspecified atom stereocenters. The molecule has 0 aliphatic heterocycles. The van der Waals surface area contributed by atoms with Gasteiger partial charge >= 0.3 is 5.97 Å². The molecule has 0 heterocycles. The van der Waals surface area contributed by atoms with Crippen LogP contribution in [0, 0.1) is 5.41 Å². The number of hydrogen-bond acceptors (Lipinski definition) is 3. The molecule has 0 radical (unpaired) electrons. The molecule has 6 heteroatoms. The second-order valence-electron chi connectivity index (χ2n) is 6.68. The zero-order valence-electron chi connectivity index (χ0n) is 15.7. The molecule has 29 heavy (non-hydrogen) atoms. The number of rotatable bonds is 7. The molecule has 0 fully saturated rings. The molecule has 0 bridgehead atoms. The molecule has 0 aromatic heterocycles. The zero-order valence-corrected chi connectivity index (χ0v) is 15.7. The summed E-state index contributed by atoms with van der Waals surface area (Å²) in [6, 6.07) is 21.9. The van der Waals surface area contributed by atoms with Crippen molar-refractivity contribution in [2.75, 3.05) is 5.32 Å². The van der Waals surface area contributed by atoms with Gasteiger partial charge in [0.2, 0.25) is 5.91 Å². The normalized spacial score (nSPS) is 10.3. The fourth-order valence-corrected chi connectivity index (χ4v) is 2.98. The largest absolute Gasteiger partial charge is 0.481 e. The number of carbonyl (C=O) groups excluding carboxylic acids is 1. The number of carbonyl (C=O) groups is 2. The standard InChI is InChI=1S/C23H21N3O3/c24-23(25)19-10-8-18(9-11-19)17-6-4-15(5-7-17)13-21(27)26-20-3-1-2-16(12-20)14-22(28)29/h1-12H,13-14H2,(H3,24,25)(H,26,27)(H,28,29). The lowest BCUT2D eigenvalue weighted by Crippen LogP contribution is -2.14. The minimum atomic E-state index is -0.913. The van der Waals surface area contributed by atoms with Gasteiger partial charge in [-0.15, -0.1) is 0 Å². The van der Waals surface area contributed by atoms with Gasteiger partial charge in [-0.3, -0.25) is 15.0 Å². The van der Waals surface area contributed by atoms with Crippen LogP contribution in [-0.2, 0) is 22.4 Å². The molecule has 146 valence electrons. The van der Waals surface area contributed by atoms with E-state index in [0.29, 0.717) is 16.8 Å². The number of hydrogen-bond donors (Lipinski definition) is 4. The van der Waals surface area contributed by atoms with Crippen molar-refractivity contribution in [1.29, 1.82) is 5.41 Å². The van der Waals surface area contributed by atoms with Gasteiger partial charge in [0, 0.05) is 11.3 Å². The van der Waals surface area contributed by atoms with Gasteiger partial charge in [0.05, 0.1) is 12.8 Å². The van der Waals surface area contributed by atoms with E-state index in [1.165, 1.54) is 0 Å². The van der Waals surface area contributed by atoms with E-state index in [1.807, 2.05) is 36.4 Å². The highest BCUT2D eigenvalue weighted by Gasteiger charge is 2.07.